The molecule has 1 heterocycles. The molecule has 3 nitrogen and oxygen atoms in total. The van der Waals surface area contributed by atoms with E-state index in [1.807, 2.05) is 35.9 Å². The first-order chi connectivity index (χ1) is 8.20. The average molecular weight is 223 g/mol. The Labute approximate surface area is 101 Å². The highest BCUT2D eigenvalue weighted by Gasteiger charge is 2.06. The molecule has 0 amide bonds. The summed E-state index contributed by atoms with van der Waals surface area (Å²) in [7, 11) is 0. The summed E-state index contributed by atoms with van der Waals surface area (Å²) in [5, 5.41) is 8.88. The molecule has 0 radical (unpaired) electrons. The lowest BCUT2D eigenvalue weighted by atomic mass is 10.1. The fraction of sp³-hybridized carbons (Fsp3) is 0.143. The van der Waals surface area contributed by atoms with E-state index in [0.29, 0.717) is 5.56 Å². The van der Waals surface area contributed by atoms with E-state index in [4.69, 9.17) is 5.26 Å². The summed E-state index contributed by atoms with van der Waals surface area (Å²) in [6.07, 6.45) is 3.68. The van der Waals surface area contributed by atoms with Crippen LogP contribution in [0.25, 0.3) is 11.4 Å². The van der Waals surface area contributed by atoms with Gasteiger partial charge in [0.1, 0.15) is 5.82 Å². The smallest absolute Gasteiger partial charge is 0.140 e. The summed E-state index contributed by atoms with van der Waals surface area (Å²) in [4.78, 5) is 4.33. The van der Waals surface area contributed by atoms with Gasteiger partial charge in [0.15, 0.2) is 0 Å². The van der Waals surface area contributed by atoms with Crippen LogP contribution in [0.5, 0.6) is 0 Å². The van der Waals surface area contributed by atoms with Crippen molar-refractivity contribution in [1.82, 2.24) is 9.55 Å². The Morgan fingerprint density at radius 3 is 3.06 bits per heavy atom. The van der Waals surface area contributed by atoms with Crippen molar-refractivity contribution in [2.45, 2.75) is 13.5 Å². The maximum atomic E-state index is 8.88. The Morgan fingerprint density at radius 1 is 1.53 bits per heavy atom. The molecule has 0 saturated carbocycles. The number of nitriles is 1. The van der Waals surface area contributed by atoms with Crippen molar-refractivity contribution in [3.8, 4) is 17.5 Å². The van der Waals surface area contributed by atoms with Gasteiger partial charge in [0.05, 0.1) is 11.6 Å². The van der Waals surface area contributed by atoms with Crippen molar-refractivity contribution in [2.75, 3.05) is 0 Å². The minimum absolute atomic E-state index is 0.646. The van der Waals surface area contributed by atoms with Crippen LogP contribution >= 0.6 is 0 Å². The van der Waals surface area contributed by atoms with Crippen LogP contribution in [0, 0.1) is 11.3 Å². The summed E-state index contributed by atoms with van der Waals surface area (Å²) < 4.78 is 2.03. The standard InChI is InChI=1S/C14H13N3/c1-11(2)10-17-7-6-16-14(17)13-5-3-4-12(8-13)9-15/h3-8H,1,10H2,2H3. The van der Waals surface area contributed by atoms with Crippen LogP contribution in [0.3, 0.4) is 0 Å². The molecule has 1 aromatic carbocycles. The van der Waals surface area contributed by atoms with Crippen LogP contribution in [0.15, 0.2) is 48.8 Å². The molecule has 2 rings (SSSR count). The minimum Gasteiger partial charge on any atom is -0.327 e. The first-order valence-corrected chi connectivity index (χ1v) is 5.37. The van der Waals surface area contributed by atoms with Crippen LogP contribution in [-0.4, -0.2) is 9.55 Å². The van der Waals surface area contributed by atoms with Crippen molar-refractivity contribution in [3.05, 3.63) is 54.4 Å². The summed E-state index contributed by atoms with van der Waals surface area (Å²) in [6.45, 7) is 6.62. The summed E-state index contributed by atoms with van der Waals surface area (Å²) in [5.41, 5.74) is 2.67. The summed E-state index contributed by atoms with van der Waals surface area (Å²) in [5.74, 6) is 0.866. The molecule has 0 aliphatic carbocycles. The number of nitrogens with zero attached hydrogens (tertiary/aromatic N) is 3. The van der Waals surface area contributed by atoms with Gasteiger partial charge in [-0.1, -0.05) is 24.3 Å². The van der Waals surface area contributed by atoms with E-state index >= 15 is 0 Å². The van der Waals surface area contributed by atoms with Gasteiger partial charge in [-0.2, -0.15) is 5.26 Å². The predicted octanol–water partition coefficient (Wildman–Crippen LogP) is 3.00. The van der Waals surface area contributed by atoms with Crippen molar-refractivity contribution in [3.63, 3.8) is 0 Å². The van der Waals surface area contributed by atoms with Crippen molar-refractivity contribution < 1.29 is 0 Å². The van der Waals surface area contributed by atoms with Gasteiger partial charge >= 0.3 is 0 Å². The zero-order chi connectivity index (χ0) is 12.3. The first-order valence-electron chi connectivity index (χ1n) is 5.37. The average Bonchev–Trinajstić information content (AvgIpc) is 2.76. The Kier molecular flexibility index (Phi) is 3.06. The van der Waals surface area contributed by atoms with Gasteiger partial charge in [-0.25, -0.2) is 4.98 Å². The number of hydrogen-bond donors (Lipinski definition) is 0. The molecule has 0 atom stereocenters. The predicted molar refractivity (Wildman–Crippen MR) is 67.2 cm³/mol. The van der Waals surface area contributed by atoms with Crippen LogP contribution in [0.2, 0.25) is 0 Å². The van der Waals surface area contributed by atoms with Gasteiger partial charge in [0.25, 0.3) is 0 Å². The summed E-state index contributed by atoms with van der Waals surface area (Å²) >= 11 is 0. The zero-order valence-electron chi connectivity index (χ0n) is 9.72. The SMILES string of the molecule is C=C(C)Cn1ccnc1-c1cccc(C#N)c1. The molecular weight excluding hydrogens is 210 g/mol. The van der Waals surface area contributed by atoms with Gasteiger partial charge in [-0.3, -0.25) is 0 Å². The maximum Gasteiger partial charge on any atom is 0.140 e. The Morgan fingerprint density at radius 2 is 2.35 bits per heavy atom. The van der Waals surface area contributed by atoms with Crippen LogP contribution < -0.4 is 0 Å². The van der Waals surface area contributed by atoms with Gasteiger partial charge in [-0.15, -0.1) is 0 Å². The highest BCUT2D eigenvalue weighted by atomic mass is 15.1. The quantitative estimate of drug-likeness (QED) is 0.750. The fourth-order valence-electron chi connectivity index (χ4n) is 1.72. The third kappa shape index (κ3) is 2.43. The van der Waals surface area contributed by atoms with E-state index in [9.17, 15) is 0 Å². The van der Waals surface area contributed by atoms with Crippen LogP contribution in [0.1, 0.15) is 12.5 Å². The van der Waals surface area contributed by atoms with Gasteiger partial charge < -0.3 is 4.57 Å². The van der Waals surface area contributed by atoms with E-state index in [1.54, 1.807) is 12.3 Å². The fourth-order valence-corrected chi connectivity index (χ4v) is 1.72. The molecule has 0 N–H and O–H groups in total. The van der Waals surface area contributed by atoms with Crippen LogP contribution in [0.4, 0.5) is 0 Å². The number of benzene rings is 1. The second-order valence-corrected chi connectivity index (χ2v) is 4.03. The molecule has 0 spiro atoms. The number of aromatic nitrogens is 2. The lowest BCUT2D eigenvalue weighted by Gasteiger charge is -2.07. The number of hydrogen-bond acceptors (Lipinski definition) is 2. The van der Waals surface area contributed by atoms with Gasteiger partial charge in [-0.05, 0) is 19.1 Å². The topological polar surface area (TPSA) is 41.6 Å². The number of allylic oxidation sites excluding steroid dienone is 1. The van der Waals surface area contributed by atoms with E-state index in [2.05, 4.69) is 17.6 Å². The zero-order valence-corrected chi connectivity index (χ0v) is 9.72. The lowest BCUT2D eigenvalue weighted by Crippen LogP contribution is -2.00. The van der Waals surface area contributed by atoms with E-state index in [-0.39, 0.29) is 0 Å². The Hall–Kier alpha value is -2.34. The molecule has 0 unspecified atom stereocenters. The highest BCUT2D eigenvalue weighted by Crippen LogP contribution is 2.19. The van der Waals surface area contributed by atoms with Crippen LogP contribution in [-0.2, 0) is 6.54 Å². The normalized spacial score (nSPS) is 9.88. The largest absolute Gasteiger partial charge is 0.327 e. The minimum atomic E-state index is 0.646. The third-order valence-electron chi connectivity index (χ3n) is 2.41. The molecule has 2 aromatic rings. The second-order valence-electron chi connectivity index (χ2n) is 4.03. The van der Waals surface area contributed by atoms with Gasteiger partial charge in [0, 0.05) is 24.5 Å². The summed E-state index contributed by atoms with van der Waals surface area (Å²) in [6, 6.07) is 9.59. The van der Waals surface area contributed by atoms with E-state index < -0.39 is 0 Å². The third-order valence-corrected chi connectivity index (χ3v) is 2.41. The molecule has 0 bridgehead atoms. The maximum absolute atomic E-state index is 8.88. The highest BCUT2D eigenvalue weighted by molar-refractivity contribution is 5.58. The van der Waals surface area contributed by atoms with Crippen molar-refractivity contribution in [1.29, 1.82) is 5.26 Å². The monoisotopic (exact) mass is 223 g/mol. The molecular formula is C14H13N3. The number of rotatable bonds is 3. The molecule has 3 heteroatoms. The Bertz CT molecular complexity index is 588. The number of imidazole rings is 1. The van der Waals surface area contributed by atoms with Crippen molar-refractivity contribution in [2.24, 2.45) is 0 Å². The first kappa shape index (κ1) is 11.2. The molecule has 17 heavy (non-hydrogen) atoms. The van der Waals surface area contributed by atoms with E-state index in [0.717, 1.165) is 23.5 Å². The van der Waals surface area contributed by atoms with E-state index in [1.165, 1.54) is 0 Å². The molecule has 84 valence electrons. The molecule has 0 aliphatic rings. The Balaban J connectivity index is 2.43. The second kappa shape index (κ2) is 4.67. The molecule has 1 aromatic heterocycles. The molecule has 0 fully saturated rings. The lowest BCUT2D eigenvalue weighted by molar-refractivity contribution is 0.794. The molecule has 0 saturated heterocycles. The molecule has 0 aliphatic heterocycles. The van der Waals surface area contributed by atoms with Gasteiger partial charge in [0.2, 0.25) is 0 Å². The van der Waals surface area contributed by atoms with Crippen molar-refractivity contribution >= 4 is 0 Å².